The average Bonchev–Trinajstić information content (AvgIpc) is 2.82. The maximum atomic E-state index is 12.6. The third-order valence-corrected chi connectivity index (χ3v) is 5.70. The number of aryl methyl sites for hydroxylation is 1. The normalized spacial score (nSPS) is 14.3. The van der Waals surface area contributed by atoms with E-state index in [4.69, 9.17) is 19.2 Å². The molecule has 0 aliphatic carbocycles. The van der Waals surface area contributed by atoms with Gasteiger partial charge in [0.15, 0.2) is 11.5 Å². The number of methoxy groups -OCH3 is 3. The van der Waals surface area contributed by atoms with E-state index in [0.717, 1.165) is 49.1 Å². The van der Waals surface area contributed by atoms with Crippen molar-refractivity contribution in [2.45, 2.75) is 33.2 Å². The van der Waals surface area contributed by atoms with Gasteiger partial charge in [0.05, 0.1) is 27.9 Å². The first kappa shape index (κ1) is 24.6. The van der Waals surface area contributed by atoms with Crippen LogP contribution in [-0.4, -0.2) is 74.8 Å². The molecule has 1 amide bonds. The molecular weight excluding hydrogens is 422 g/mol. The van der Waals surface area contributed by atoms with E-state index in [1.54, 1.807) is 27.4 Å². The Hall–Kier alpha value is -3.07. The van der Waals surface area contributed by atoms with Crippen LogP contribution in [0.1, 0.15) is 36.8 Å². The van der Waals surface area contributed by atoms with Crippen molar-refractivity contribution in [3.05, 3.63) is 35.3 Å². The van der Waals surface area contributed by atoms with Gasteiger partial charge in [0.1, 0.15) is 17.4 Å². The number of hydrogen-bond acceptors (Lipinski definition) is 8. The van der Waals surface area contributed by atoms with Crippen LogP contribution in [0.3, 0.4) is 0 Å². The molecule has 1 fully saturated rings. The Morgan fingerprint density at radius 3 is 2.21 bits per heavy atom. The Kier molecular flexibility index (Phi) is 8.32. The molecule has 0 unspecified atom stereocenters. The van der Waals surface area contributed by atoms with E-state index in [1.165, 1.54) is 0 Å². The summed E-state index contributed by atoms with van der Waals surface area (Å²) in [5, 5.41) is 2.99. The van der Waals surface area contributed by atoms with Crippen LogP contribution in [0.25, 0.3) is 0 Å². The van der Waals surface area contributed by atoms with Gasteiger partial charge in [0.2, 0.25) is 5.91 Å². The van der Waals surface area contributed by atoms with E-state index in [1.807, 2.05) is 19.1 Å². The molecule has 1 aliphatic heterocycles. The standard InChI is InChI=1S/C24H35N5O4/c1-16(2)24-26-17(3)11-22(27-24)29-9-7-28(8-10-29)15-23(30)25-14-18-12-20(32-5)21(33-6)13-19(18)31-4/h11-13,16H,7-10,14-15H2,1-6H3,(H,25,30). The summed E-state index contributed by atoms with van der Waals surface area (Å²) in [5.74, 6) is 3.93. The van der Waals surface area contributed by atoms with Crippen LogP contribution in [0.4, 0.5) is 5.82 Å². The van der Waals surface area contributed by atoms with Gasteiger partial charge < -0.3 is 24.4 Å². The van der Waals surface area contributed by atoms with Crippen molar-refractivity contribution >= 4 is 11.7 Å². The second-order valence-corrected chi connectivity index (χ2v) is 8.44. The lowest BCUT2D eigenvalue weighted by molar-refractivity contribution is -0.122. The Morgan fingerprint density at radius 1 is 0.970 bits per heavy atom. The molecule has 180 valence electrons. The number of benzene rings is 1. The van der Waals surface area contributed by atoms with E-state index in [0.29, 0.717) is 30.3 Å². The minimum absolute atomic E-state index is 0.0275. The molecule has 3 rings (SSSR count). The van der Waals surface area contributed by atoms with Crippen LogP contribution < -0.4 is 24.4 Å². The van der Waals surface area contributed by atoms with E-state index >= 15 is 0 Å². The predicted molar refractivity (Wildman–Crippen MR) is 127 cm³/mol. The van der Waals surface area contributed by atoms with E-state index in [9.17, 15) is 4.79 Å². The molecule has 1 aromatic carbocycles. The molecule has 0 radical (unpaired) electrons. The highest BCUT2D eigenvalue weighted by molar-refractivity contribution is 5.78. The Morgan fingerprint density at radius 2 is 1.61 bits per heavy atom. The van der Waals surface area contributed by atoms with Crippen molar-refractivity contribution in [2.75, 3.05) is 59.0 Å². The highest BCUT2D eigenvalue weighted by Gasteiger charge is 2.21. The van der Waals surface area contributed by atoms with Gasteiger partial charge >= 0.3 is 0 Å². The molecule has 1 aliphatic rings. The maximum Gasteiger partial charge on any atom is 0.234 e. The number of piperazine rings is 1. The lowest BCUT2D eigenvalue weighted by Gasteiger charge is -2.35. The highest BCUT2D eigenvalue weighted by Crippen LogP contribution is 2.34. The summed E-state index contributed by atoms with van der Waals surface area (Å²) in [6.07, 6.45) is 0. The molecule has 33 heavy (non-hydrogen) atoms. The zero-order chi connectivity index (χ0) is 24.0. The van der Waals surface area contributed by atoms with Gasteiger partial charge in [0.25, 0.3) is 0 Å². The summed E-state index contributed by atoms with van der Waals surface area (Å²) in [5.41, 5.74) is 1.81. The van der Waals surface area contributed by atoms with Crippen LogP contribution in [-0.2, 0) is 11.3 Å². The van der Waals surface area contributed by atoms with Gasteiger partial charge in [-0.05, 0) is 13.0 Å². The number of nitrogens with one attached hydrogen (secondary N) is 1. The maximum absolute atomic E-state index is 12.6. The van der Waals surface area contributed by atoms with Crippen molar-refractivity contribution in [3.63, 3.8) is 0 Å². The van der Waals surface area contributed by atoms with E-state index in [2.05, 4.69) is 33.9 Å². The largest absolute Gasteiger partial charge is 0.496 e. The quantitative estimate of drug-likeness (QED) is 0.614. The number of nitrogens with zero attached hydrogens (tertiary/aromatic N) is 4. The highest BCUT2D eigenvalue weighted by atomic mass is 16.5. The summed E-state index contributed by atoms with van der Waals surface area (Å²) in [4.78, 5) is 26.3. The van der Waals surface area contributed by atoms with Crippen LogP contribution in [0, 0.1) is 6.92 Å². The number of ether oxygens (including phenoxy) is 3. The lowest BCUT2D eigenvalue weighted by Crippen LogP contribution is -2.49. The molecule has 2 heterocycles. The van der Waals surface area contributed by atoms with Gasteiger partial charge in [-0.2, -0.15) is 0 Å². The molecule has 0 saturated carbocycles. The molecule has 1 saturated heterocycles. The molecule has 1 N–H and O–H groups in total. The molecule has 2 aromatic rings. The summed E-state index contributed by atoms with van der Waals surface area (Å²) in [6.45, 7) is 10.2. The first-order valence-electron chi connectivity index (χ1n) is 11.2. The van der Waals surface area contributed by atoms with Crippen LogP contribution in [0.2, 0.25) is 0 Å². The summed E-state index contributed by atoms with van der Waals surface area (Å²) < 4.78 is 16.1. The molecule has 9 nitrogen and oxygen atoms in total. The molecule has 9 heteroatoms. The SMILES string of the molecule is COc1cc(OC)c(OC)cc1CNC(=O)CN1CCN(c2cc(C)nc(C(C)C)n2)CC1. The van der Waals surface area contributed by atoms with Gasteiger partial charge in [0, 0.05) is 62.0 Å². The number of rotatable bonds is 9. The number of carbonyl (C=O) groups is 1. The van der Waals surface area contributed by atoms with Gasteiger partial charge in [-0.25, -0.2) is 9.97 Å². The molecular formula is C24H35N5O4. The molecule has 0 spiro atoms. The van der Waals surface area contributed by atoms with Crippen molar-refractivity contribution in [1.29, 1.82) is 0 Å². The Balaban J connectivity index is 1.53. The minimum atomic E-state index is -0.0275. The number of hydrogen-bond donors (Lipinski definition) is 1. The second-order valence-electron chi connectivity index (χ2n) is 8.44. The number of carbonyl (C=O) groups excluding carboxylic acids is 1. The molecule has 1 aromatic heterocycles. The third kappa shape index (κ3) is 6.25. The van der Waals surface area contributed by atoms with Crippen molar-refractivity contribution in [1.82, 2.24) is 20.2 Å². The molecule has 0 bridgehead atoms. The first-order valence-corrected chi connectivity index (χ1v) is 11.2. The topological polar surface area (TPSA) is 89.0 Å². The third-order valence-electron chi connectivity index (χ3n) is 5.70. The van der Waals surface area contributed by atoms with Crippen LogP contribution >= 0.6 is 0 Å². The average molecular weight is 458 g/mol. The number of aromatic nitrogens is 2. The zero-order valence-corrected chi connectivity index (χ0v) is 20.5. The van der Waals surface area contributed by atoms with Gasteiger partial charge in [-0.15, -0.1) is 0 Å². The van der Waals surface area contributed by atoms with E-state index in [-0.39, 0.29) is 11.8 Å². The summed E-state index contributed by atoms with van der Waals surface area (Å²) in [6, 6.07) is 5.62. The van der Waals surface area contributed by atoms with Crippen molar-refractivity contribution in [3.8, 4) is 17.2 Å². The molecule has 0 atom stereocenters. The first-order chi connectivity index (χ1) is 15.8. The Labute approximate surface area is 196 Å². The second kappa shape index (κ2) is 11.2. The smallest absolute Gasteiger partial charge is 0.234 e. The lowest BCUT2D eigenvalue weighted by atomic mass is 10.1. The predicted octanol–water partition coefficient (Wildman–Crippen LogP) is 2.37. The van der Waals surface area contributed by atoms with E-state index < -0.39 is 0 Å². The summed E-state index contributed by atoms with van der Waals surface area (Å²) >= 11 is 0. The van der Waals surface area contributed by atoms with Crippen LogP contribution in [0.15, 0.2) is 18.2 Å². The number of anilines is 1. The fourth-order valence-corrected chi connectivity index (χ4v) is 3.81. The van der Waals surface area contributed by atoms with Crippen LogP contribution in [0.5, 0.6) is 17.2 Å². The van der Waals surface area contributed by atoms with Gasteiger partial charge in [-0.1, -0.05) is 13.8 Å². The minimum Gasteiger partial charge on any atom is -0.496 e. The van der Waals surface area contributed by atoms with Gasteiger partial charge in [-0.3, -0.25) is 9.69 Å². The number of amides is 1. The fraction of sp³-hybridized carbons (Fsp3) is 0.542. The Bertz CT molecular complexity index is 958. The monoisotopic (exact) mass is 457 g/mol. The summed E-state index contributed by atoms with van der Waals surface area (Å²) in [7, 11) is 4.75. The fourth-order valence-electron chi connectivity index (χ4n) is 3.81. The zero-order valence-electron chi connectivity index (χ0n) is 20.5. The van der Waals surface area contributed by atoms with Crippen molar-refractivity contribution in [2.24, 2.45) is 0 Å². The van der Waals surface area contributed by atoms with Crippen molar-refractivity contribution < 1.29 is 19.0 Å².